The number of likely N-dealkylation sites (tertiary alicyclic amines) is 1. The summed E-state index contributed by atoms with van der Waals surface area (Å²) in [4.78, 5) is 28.0. The summed E-state index contributed by atoms with van der Waals surface area (Å²) >= 11 is 6.40. The van der Waals surface area contributed by atoms with Gasteiger partial charge in [-0.2, -0.15) is 0 Å². The molecule has 4 heterocycles. The monoisotopic (exact) mass is 476 g/mol. The Morgan fingerprint density at radius 3 is 2.88 bits per heavy atom. The molecule has 1 atom stereocenters. The van der Waals surface area contributed by atoms with Crippen molar-refractivity contribution in [2.75, 3.05) is 56.7 Å². The summed E-state index contributed by atoms with van der Waals surface area (Å²) in [6, 6.07) is 1.72. The smallest absolute Gasteiger partial charge is 0.229 e. The Balaban J connectivity index is 1.42. The summed E-state index contributed by atoms with van der Waals surface area (Å²) in [5, 5.41) is 6.68. The zero-order valence-electron chi connectivity index (χ0n) is 18.6. The molecule has 0 bridgehead atoms. The third-order valence-corrected chi connectivity index (χ3v) is 6.51. The number of alkyl halides is 1. The molecule has 0 aliphatic carbocycles. The minimum absolute atomic E-state index is 0.114. The third kappa shape index (κ3) is 6.59. The van der Waals surface area contributed by atoms with Crippen LogP contribution in [-0.4, -0.2) is 71.8 Å². The van der Waals surface area contributed by atoms with Gasteiger partial charge in [-0.25, -0.2) is 14.4 Å². The van der Waals surface area contributed by atoms with Gasteiger partial charge in [0.2, 0.25) is 5.91 Å². The van der Waals surface area contributed by atoms with Crippen molar-refractivity contribution in [2.45, 2.75) is 25.7 Å². The molecule has 1 unspecified atom stereocenters. The van der Waals surface area contributed by atoms with Crippen molar-refractivity contribution in [3.63, 3.8) is 0 Å². The fraction of sp³-hybridized carbons (Fsp3) is 0.565. The van der Waals surface area contributed by atoms with E-state index in [4.69, 9.17) is 16.3 Å². The molecular formula is C23H30ClFN6O2. The molecule has 8 nitrogen and oxygen atoms in total. The Hall–Kier alpha value is -2.36. The molecule has 2 aromatic rings. The first-order valence-electron chi connectivity index (χ1n) is 11.5. The van der Waals surface area contributed by atoms with E-state index in [2.05, 4.69) is 25.6 Å². The predicted molar refractivity (Wildman–Crippen MR) is 126 cm³/mol. The molecule has 178 valence electrons. The van der Waals surface area contributed by atoms with E-state index in [9.17, 15) is 9.18 Å². The van der Waals surface area contributed by atoms with Crippen molar-refractivity contribution in [3.05, 3.63) is 29.7 Å². The van der Waals surface area contributed by atoms with Gasteiger partial charge in [0, 0.05) is 44.6 Å². The van der Waals surface area contributed by atoms with Gasteiger partial charge in [-0.05, 0) is 44.2 Å². The first-order valence-corrected chi connectivity index (χ1v) is 11.9. The summed E-state index contributed by atoms with van der Waals surface area (Å²) in [5.74, 6) is 1.33. The summed E-state index contributed by atoms with van der Waals surface area (Å²) in [5.41, 5.74) is 1.24. The van der Waals surface area contributed by atoms with Crippen molar-refractivity contribution < 1.29 is 13.9 Å². The number of hydrogen-bond acceptors (Lipinski definition) is 7. The van der Waals surface area contributed by atoms with Crippen LogP contribution in [0.2, 0.25) is 5.02 Å². The predicted octanol–water partition coefficient (Wildman–Crippen LogP) is 3.65. The van der Waals surface area contributed by atoms with Gasteiger partial charge in [0.05, 0.1) is 29.0 Å². The van der Waals surface area contributed by atoms with Crippen LogP contribution in [0.15, 0.2) is 24.7 Å². The lowest BCUT2D eigenvalue weighted by molar-refractivity contribution is -0.121. The standard InChI is InChI=1S/C23H30ClFN6O2/c24-19-12-28-21(30-23(32)17-2-1-6-31(15-17)7-5-25)10-18(19)20-13-26-14-22(29-20)27-11-16-3-8-33-9-4-16/h10,12-14,16-17H,1-9,11,15H2,(H,27,29)(H,28,30,32). The molecule has 0 radical (unpaired) electrons. The summed E-state index contributed by atoms with van der Waals surface area (Å²) in [6.07, 6.45) is 8.56. The molecule has 2 fully saturated rings. The van der Waals surface area contributed by atoms with Gasteiger partial charge in [-0.1, -0.05) is 11.6 Å². The molecule has 0 aromatic carbocycles. The number of aromatic nitrogens is 3. The molecule has 4 rings (SSSR count). The number of halogens is 2. The summed E-state index contributed by atoms with van der Waals surface area (Å²) in [7, 11) is 0. The van der Waals surface area contributed by atoms with Gasteiger partial charge in [-0.15, -0.1) is 0 Å². The van der Waals surface area contributed by atoms with Gasteiger partial charge in [0.15, 0.2) is 0 Å². The number of nitrogens with one attached hydrogen (secondary N) is 2. The second-order valence-corrected chi connectivity index (χ2v) is 9.00. The van der Waals surface area contributed by atoms with E-state index in [1.807, 2.05) is 4.90 Å². The number of rotatable bonds is 8. The van der Waals surface area contributed by atoms with Crippen molar-refractivity contribution in [1.82, 2.24) is 19.9 Å². The number of nitrogens with zero attached hydrogens (tertiary/aromatic N) is 4. The van der Waals surface area contributed by atoms with E-state index in [1.54, 1.807) is 18.5 Å². The second-order valence-electron chi connectivity index (χ2n) is 8.59. The lowest BCUT2D eigenvalue weighted by Crippen LogP contribution is -2.41. The average Bonchev–Trinajstić information content (AvgIpc) is 2.85. The molecule has 33 heavy (non-hydrogen) atoms. The Bertz CT molecular complexity index is 941. The first-order chi connectivity index (χ1) is 16.1. The van der Waals surface area contributed by atoms with E-state index < -0.39 is 6.67 Å². The molecule has 2 aliphatic rings. The number of carbonyl (C=O) groups is 1. The van der Waals surface area contributed by atoms with Crippen LogP contribution in [0.25, 0.3) is 11.3 Å². The number of piperidine rings is 1. The highest BCUT2D eigenvalue weighted by Gasteiger charge is 2.26. The number of ether oxygens (including phenoxy) is 1. The van der Waals surface area contributed by atoms with Crippen molar-refractivity contribution in [2.24, 2.45) is 11.8 Å². The highest BCUT2D eigenvalue weighted by molar-refractivity contribution is 6.33. The fourth-order valence-corrected chi connectivity index (χ4v) is 4.50. The van der Waals surface area contributed by atoms with Crippen LogP contribution in [-0.2, 0) is 9.53 Å². The Labute approximate surface area is 198 Å². The van der Waals surface area contributed by atoms with Crippen LogP contribution < -0.4 is 10.6 Å². The van der Waals surface area contributed by atoms with Gasteiger partial charge in [0.25, 0.3) is 0 Å². The van der Waals surface area contributed by atoms with Crippen LogP contribution >= 0.6 is 11.6 Å². The zero-order valence-corrected chi connectivity index (χ0v) is 19.4. The summed E-state index contributed by atoms with van der Waals surface area (Å²) in [6.45, 7) is 3.76. The topological polar surface area (TPSA) is 92.3 Å². The Kier molecular flexibility index (Phi) is 8.41. The van der Waals surface area contributed by atoms with Gasteiger partial charge in [-0.3, -0.25) is 14.7 Å². The maximum absolute atomic E-state index is 12.8. The average molecular weight is 477 g/mol. The van der Waals surface area contributed by atoms with Crippen molar-refractivity contribution in [1.29, 1.82) is 0 Å². The minimum Gasteiger partial charge on any atom is -0.381 e. The second kappa shape index (κ2) is 11.7. The largest absolute Gasteiger partial charge is 0.381 e. The Morgan fingerprint density at radius 1 is 1.21 bits per heavy atom. The van der Waals surface area contributed by atoms with Crippen molar-refractivity contribution >= 4 is 29.1 Å². The molecular weight excluding hydrogens is 447 g/mol. The maximum atomic E-state index is 12.8. The van der Waals surface area contributed by atoms with E-state index >= 15 is 0 Å². The maximum Gasteiger partial charge on any atom is 0.229 e. The molecule has 2 aliphatic heterocycles. The van der Waals surface area contributed by atoms with E-state index in [0.717, 1.165) is 52.0 Å². The van der Waals surface area contributed by atoms with Crippen LogP contribution in [0.1, 0.15) is 25.7 Å². The normalized spacial score (nSPS) is 19.9. The van der Waals surface area contributed by atoms with E-state index in [1.165, 1.54) is 6.20 Å². The molecule has 10 heteroatoms. The summed E-state index contributed by atoms with van der Waals surface area (Å²) < 4.78 is 18.1. The van der Waals surface area contributed by atoms with Crippen LogP contribution in [0.3, 0.4) is 0 Å². The first kappa shape index (κ1) is 23.8. The van der Waals surface area contributed by atoms with E-state index in [0.29, 0.717) is 46.9 Å². The van der Waals surface area contributed by atoms with Gasteiger partial charge < -0.3 is 15.4 Å². The van der Waals surface area contributed by atoms with Crippen molar-refractivity contribution in [3.8, 4) is 11.3 Å². The quantitative estimate of drug-likeness (QED) is 0.600. The van der Waals surface area contributed by atoms with Gasteiger partial charge in [0.1, 0.15) is 18.3 Å². The zero-order chi connectivity index (χ0) is 23.0. The van der Waals surface area contributed by atoms with Crippen LogP contribution in [0.4, 0.5) is 16.0 Å². The highest BCUT2D eigenvalue weighted by Crippen LogP contribution is 2.29. The molecule has 2 N–H and O–H groups in total. The van der Waals surface area contributed by atoms with Crippen LogP contribution in [0.5, 0.6) is 0 Å². The fourth-order valence-electron chi connectivity index (χ4n) is 4.30. The number of hydrogen-bond donors (Lipinski definition) is 2. The minimum atomic E-state index is -0.402. The lowest BCUT2D eigenvalue weighted by atomic mass is 9.97. The van der Waals surface area contributed by atoms with E-state index in [-0.39, 0.29) is 11.8 Å². The Morgan fingerprint density at radius 2 is 2.06 bits per heavy atom. The third-order valence-electron chi connectivity index (χ3n) is 6.21. The number of carbonyl (C=O) groups excluding carboxylic acids is 1. The SMILES string of the molecule is O=C(Nc1cc(-c2cncc(NCC3CCOCC3)n2)c(Cl)cn1)C1CCCN(CCF)C1. The molecule has 2 aromatic heterocycles. The molecule has 0 spiro atoms. The molecule has 1 amide bonds. The number of amides is 1. The van der Waals surface area contributed by atoms with Gasteiger partial charge >= 0.3 is 0 Å². The van der Waals surface area contributed by atoms with Crippen LogP contribution in [0, 0.1) is 11.8 Å². The molecule has 0 saturated carbocycles. The number of pyridine rings is 1. The lowest BCUT2D eigenvalue weighted by Gasteiger charge is -2.31. The highest BCUT2D eigenvalue weighted by atomic mass is 35.5. The number of anilines is 2. The molecule has 2 saturated heterocycles.